The van der Waals surface area contributed by atoms with Gasteiger partial charge >= 0.3 is 0 Å². The van der Waals surface area contributed by atoms with Crippen LogP contribution in [0.5, 0.6) is 0 Å². The summed E-state index contributed by atoms with van der Waals surface area (Å²) in [7, 11) is 1.83. The van der Waals surface area contributed by atoms with Gasteiger partial charge in [0, 0.05) is 26.3 Å². The van der Waals surface area contributed by atoms with E-state index in [1.54, 1.807) is 6.20 Å². The molecule has 0 aliphatic carbocycles. The van der Waals surface area contributed by atoms with Crippen LogP contribution in [0.25, 0.3) is 0 Å². The van der Waals surface area contributed by atoms with E-state index in [2.05, 4.69) is 43.0 Å². The van der Waals surface area contributed by atoms with Gasteiger partial charge in [-0.3, -0.25) is 0 Å². The zero-order chi connectivity index (χ0) is 10.8. The van der Waals surface area contributed by atoms with Crippen molar-refractivity contribution in [1.29, 1.82) is 0 Å². The average molecular weight is 271 g/mol. The van der Waals surface area contributed by atoms with Crippen LogP contribution < -0.4 is 10.2 Å². The first-order valence-electron chi connectivity index (χ1n) is 5.16. The summed E-state index contributed by atoms with van der Waals surface area (Å²) in [6.07, 6.45) is 3.04. The Kier molecular flexibility index (Phi) is 3.09. The maximum absolute atomic E-state index is 4.46. The molecule has 1 aromatic rings. The molecule has 2 rings (SSSR count). The van der Waals surface area contributed by atoms with Gasteiger partial charge in [-0.2, -0.15) is 4.98 Å². The molecule has 0 amide bonds. The summed E-state index contributed by atoms with van der Waals surface area (Å²) < 4.78 is 0.968. The van der Waals surface area contributed by atoms with Crippen LogP contribution in [0.1, 0.15) is 13.3 Å². The lowest BCUT2D eigenvalue weighted by atomic mass is 10.2. The van der Waals surface area contributed by atoms with Gasteiger partial charge in [-0.1, -0.05) is 6.92 Å². The second kappa shape index (κ2) is 4.35. The van der Waals surface area contributed by atoms with Crippen molar-refractivity contribution in [2.24, 2.45) is 5.92 Å². The highest BCUT2D eigenvalue weighted by atomic mass is 79.9. The van der Waals surface area contributed by atoms with Crippen molar-refractivity contribution in [3.05, 3.63) is 10.7 Å². The molecule has 1 aromatic heterocycles. The van der Waals surface area contributed by atoms with Crippen LogP contribution in [0.15, 0.2) is 10.7 Å². The number of rotatable bonds is 2. The van der Waals surface area contributed by atoms with E-state index in [1.807, 2.05) is 7.05 Å². The second-order valence-electron chi connectivity index (χ2n) is 3.96. The number of anilines is 2. The van der Waals surface area contributed by atoms with Crippen LogP contribution in [-0.4, -0.2) is 30.1 Å². The smallest absolute Gasteiger partial charge is 0.224 e. The Labute approximate surface area is 98.2 Å². The molecule has 2 heterocycles. The summed E-state index contributed by atoms with van der Waals surface area (Å²) in [5.41, 5.74) is 0. The minimum absolute atomic E-state index is 0.674. The molecule has 1 N–H and O–H groups in total. The molecule has 0 radical (unpaired) electrons. The maximum Gasteiger partial charge on any atom is 0.224 e. The molecule has 82 valence electrons. The molecule has 0 spiro atoms. The third-order valence-electron chi connectivity index (χ3n) is 2.67. The monoisotopic (exact) mass is 270 g/mol. The van der Waals surface area contributed by atoms with E-state index in [0.29, 0.717) is 5.95 Å². The zero-order valence-corrected chi connectivity index (χ0v) is 10.6. The molecule has 1 fully saturated rings. The summed E-state index contributed by atoms with van der Waals surface area (Å²) >= 11 is 3.50. The first-order chi connectivity index (χ1) is 7.20. The summed E-state index contributed by atoms with van der Waals surface area (Å²) in [5.74, 6) is 2.43. The Morgan fingerprint density at radius 2 is 2.40 bits per heavy atom. The first-order valence-corrected chi connectivity index (χ1v) is 5.95. The van der Waals surface area contributed by atoms with E-state index in [4.69, 9.17) is 0 Å². The highest BCUT2D eigenvalue weighted by Gasteiger charge is 2.22. The molecule has 1 atom stereocenters. The fourth-order valence-corrected chi connectivity index (χ4v) is 2.27. The molecule has 15 heavy (non-hydrogen) atoms. The van der Waals surface area contributed by atoms with Crippen LogP contribution in [0, 0.1) is 5.92 Å². The van der Waals surface area contributed by atoms with E-state index in [0.717, 1.165) is 29.3 Å². The molecule has 0 bridgehead atoms. The van der Waals surface area contributed by atoms with Crippen LogP contribution in [-0.2, 0) is 0 Å². The minimum atomic E-state index is 0.674. The third kappa shape index (κ3) is 2.22. The Morgan fingerprint density at radius 1 is 1.60 bits per heavy atom. The van der Waals surface area contributed by atoms with E-state index in [1.165, 1.54) is 6.42 Å². The van der Waals surface area contributed by atoms with Crippen molar-refractivity contribution in [3.63, 3.8) is 0 Å². The van der Waals surface area contributed by atoms with Crippen LogP contribution in [0.4, 0.5) is 11.8 Å². The van der Waals surface area contributed by atoms with Gasteiger partial charge in [0.2, 0.25) is 5.95 Å². The molecular formula is C10H15BrN4. The largest absolute Gasteiger partial charge is 0.357 e. The van der Waals surface area contributed by atoms with Crippen molar-refractivity contribution < 1.29 is 0 Å². The fraction of sp³-hybridized carbons (Fsp3) is 0.600. The van der Waals surface area contributed by atoms with Crippen molar-refractivity contribution in [3.8, 4) is 0 Å². The molecule has 1 aliphatic rings. The zero-order valence-electron chi connectivity index (χ0n) is 9.00. The van der Waals surface area contributed by atoms with Crippen molar-refractivity contribution in [1.82, 2.24) is 9.97 Å². The fourth-order valence-electron chi connectivity index (χ4n) is 1.83. The molecular weight excluding hydrogens is 256 g/mol. The minimum Gasteiger partial charge on any atom is -0.357 e. The Hall–Kier alpha value is -0.840. The Balaban J connectivity index is 2.26. The third-order valence-corrected chi connectivity index (χ3v) is 3.23. The average Bonchev–Trinajstić information content (AvgIpc) is 2.65. The summed E-state index contributed by atoms with van der Waals surface area (Å²) in [4.78, 5) is 10.9. The normalized spacial score (nSPS) is 20.7. The van der Waals surface area contributed by atoms with Gasteiger partial charge in [-0.25, -0.2) is 4.98 Å². The van der Waals surface area contributed by atoms with Gasteiger partial charge < -0.3 is 10.2 Å². The summed E-state index contributed by atoms with van der Waals surface area (Å²) in [5, 5.41) is 2.96. The number of hydrogen-bond acceptors (Lipinski definition) is 4. The molecule has 1 saturated heterocycles. The molecule has 0 saturated carbocycles. The van der Waals surface area contributed by atoms with Crippen LogP contribution in [0.3, 0.4) is 0 Å². The molecule has 1 aliphatic heterocycles. The van der Waals surface area contributed by atoms with E-state index in [-0.39, 0.29) is 0 Å². The number of aromatic nitrogens is 2. The molecule has 5 heteroatoms. The number of nitrogens with zero attached hydrogens (tertiary/aromatic N) is 3. The highest BCUT2D eigenvalue weighted by molar-refractivity contribution is 9.10. The van der Waals surface area contributed by atoms with E-state index in [9.17, 15) is 0 Å². The number of halogens is 1. The quantitative estimate of drug-likeness (QED) is 0.894. The van der Waals surface area contributed by atoms with Gasteiger partial charge in [0.25, 0.3) is 0 Å². The van der Waals surface area contributed by atoms with Crippen molar-refractivity contribution in [2.45, 2.75) is 13.3 Å². The van der Waals surface area contributed by atoms with Crippen molar-refractivity contribution >= 4 is 27.7 Å². The van der Waals surface area contributed by atoms with E-state index < -0.39 is 0 Å². The Morgan fingerprint density at radius 3 is 3.00 bits per heavy atom. The van der Waals surface area contributed by atoms with E-state index >= 15 is 0 Å². The maximum atomic E-state index is 4.46. The Bertz CT molecular complexity index is 355. The van der Waals surface area contributed by atoms with Crippen LogP contribution in [0.2, 0.25) is 0 Å². The second-order valence-corrected chi connectivity index (χ2v) is 4.81. The number of hydrogen-bond donors (Lipinski definition) is 1. The topological polar surface area (TPSA) is 41.1 Å². The van der Waals surface area contributed by atoms with Gasteiger partial charge in [0.15, 0.2) is 0 Å². The SMILES string of the molecule is CNc1ncc(Br)c(N2CCC(C)C2)n1. The number of nitrogens with one attached hydrogen (secondary N) is 1. The predicted molar refractivity (Wildman–Crippen MR) is 65.3 cm³/mol. The summed E-state index contributed by atoms with van der Waals surface area (Å²) in [6.45, 7) is 4.44. The van der Waals surface area contributed by atoms with Gasteiger partial charge in [-0.15, -0.1) is 0 Å². The molecule has 4 nitrogen and oxygen atoms in total. The lowest BCUT2D eigenvalue weighted by molar-refractivity contribution is 0.658. The summed E-state index contributed by atoms with van der Waals surface area (Å²) in [6, 6.07) is 0. The van der Waals surface area contributed by atoms with Crippen molar-refractivity contribution in [2.75, 3.05) is 30.4 Å². The predicted octanol–water partition coefficient (Wildman–Crippen LogP) is 2.13. The first kappa shape index (κ1) is 10.7. The lowest BCUT2D eigenvalue weighted by Crippen LogP contribution is -2.21. The highest BCUT2D eigenvalue weighted by Crippen LogP contribution is 2.28. The van der Waals surface area contributed by atoms with Gasteiger partial charge in [-0.05, 0) is 28.3 Å². The van der Waals surface area contributed by atoms with Gasteiger partial charge in [0.1, 0.15) is 5.82 Å². The van der Waals surface area contributed by atoms with Crippen LogP contribution >= 0.6 is 15.9 Å². The molecule has 1 unspecified atom stereocenters. The molecule has 0 aromatic carbocycles. The standard InChI is InChI=1S/C10H15BrN4/c1-7-3-4-15(6-7)9-8(11)5-13-10(12-2)14-9/h5,7H,3-4,6H2,1-2H3,(H,12,13,14). The lowest BCUT2D eigenvalue weighted by Gasteiger charge is -2.18. The van der Waals surface area contributed by atoms with Gasteiger partial charge in [0.05, 0.1) is 4.47 Å².